The zero-order chi connectivity index (χ0) is 19.7. The van der Waals surface area contributed by atoms with Gasteiger partial charge in [0.1, 0.15) is 6.07 Å². The predicted molar refractivity (Wildman–Crippen MR) is 110 cm³/mol. The Bertz CT molecular complexity index is 1200. The van der Waals surface area contributed by atoms with E-state index in [2.05, 4.69) is 38.8 Å². The van der Waals surface area contributed by atoms with Gasteiger partial charge < -0.3 is 5.32 Å². The van der Waals surface area contributed by atoms with E-state index in [1.165, 1.54) is 5.56 Å². The predicted octanol–water partition coefficient (Wildman–Crippen LogP) is 4.42. The number of nitrogens with zero attached hydrogens (tertiary/aromatic N) is 5. The van der Waals surface area contributed by atoms with Crippen molar-refractivity contribution in [2.24, 2.45) is 0 Å². The summed E-state index contributed by atoms with van der Waals surface area (Å²) in [7, 11) is 0. The molecule has 138 valence electrons. The molecule has 4 rings (SSSR count). The molecular weight excluding hydrogens is 348 g/mol. The van der Waals surface area contributed by atoms with E-state index in [1.807, 2.05) is 61.9 Å². The summed E-state index contributed by atoms with van der Waals surface area (Å²) >= 11 is 0. The van der Waals surface area contributed by atoms with E-state index >= 15 is 0 Å². The van der Waals surface area contributed by atoms with Crippen LogP contribution in [0.15, 0.2) is 48.5 Å². The first kappa shape index (κ1) is 17.7. The molecule has 0 saturated heterocycles. The average Bonchev–Trinajstić information content (AvgIpc) is 2.96. The number of aryl methyl sites for hydroxylation is 2. The Kier molecular flexibility index (Phi) is 4.50. The Labute approximate surface area is 163 Å². The van der Waals surface area contributed by atoms with Crippen LogP contribution in [0.2, 0.25) is 0 Å². The molecule has 2 heterocycles. The van der Waals surface area contributed by atoms with Gasteiger partial charge in [0.2, 0.25) is 0 Å². The Morgan fingerprint density at radius 2 is 1.79 bits per heavy atom. The zero-order valence-electron chi connectivity index (χ0n) is 16.1. The molecule has 0 saturated carbocycles. The van der Waals surface area contributed by atoms with Gasteiger partial charge in [0.25, 0.3) is 0 Å². The van der Waals surface area contributed by atoms with Crippen molar-refractivity contribution in [3.8, 4) is 6.07 Å². The van der Waals surface area contributed by atoms with E-state index in [-0.39, 0.29) is 5.69 Å². The SMILES string of the molecule is Cc1ccc2nnc(C#N)c(Nc3c(C)nn(Cc4ccccc4)c3C)c2c1. The number of nitrogens with one attached hydrogen (secondary N) is 1. The molecule has 6 heteroatoms. The van der Waals surface area contributed by atoms with Crippen molar-refractivity contribution >= 4 is 22.3 Å². The van der Waals surface area contributed by atoms with E-state index in [1.54, 1.807) is 0 Å². The Morgan fingerprint density at radius 3 is 2.54 bits per heavy atom. The van der Waals surface area contributed by atoms with Gasteiger partial charge in [0.15, 0.2) is 5.69 Å². The highest BCUT2D eigenvalue weighted by molar-refractivity contribution is 5.95. The van der Waals surface area contributed by atoms with Crippen molar-refractivity contribution in [2.45, 2.75) is 27.3 Å². The molecule has 0 radical (unpaired) electrons. The van der Waals surface area contributed by atoms with Crippen molar-refractivity contribution in [1.29, 1.82) is 5.26 Å². The molecule has 4 aromatic rings. The smallest absolute Gasteiger partial charge is 0.187 e. The summed E-state index contributed by atoms with van der Waals surface area (Å²) in [6.45, 7) is 6.70. The van der Waals surface area contributed by atoms with Crippen LogP contribution in [0, 0.1) is 32.1 Å². The Morgan fingerprint density at radius 1 is 1.00 bits per heavy atom. The molecule has 0 aliphatic heterocycles. The first-order chi connectivity index (χ1) is 13.6. The number of fused-ring (bicyclic) bond motifs is 1. The Balaban J connectivity index is 1.78. The zero-order valence-corrected chi connectivity index (χ0v) is 16.1. The van der Waals surface area contributed by atoms with E-state index < -0.39 is 0 Å². The van der Waals surface area contributed by atoms with E-state index in [4.69, 9.17) is 0 Å². The largest absolute Gasteiger partial charge is 0.350 e. The molecule has 0 aliphatic carbocycles. The van der Waals surface area contributed by atoms with Crippen LogP contribution in [0.5, 0.6) is 0 Å². The van der Waals surface area contributed by atoms with Crippen LogP contribution in [0.3, 0.4) is 0 Å². The third kappa shape index (κ3) is 3.19. The van der Waals surface area contributed by atoms with Crippen molar-refractivity contribution in [1.82, 2.24) is 20.0 Å². The number of anilines is 2. The lowest BCUT2D eigenvalue weighted by Gasteiger charge is -2.12. The summed E-state index contributed by atoms with van der Waals surface area (Å²) in [6, 6.07) is 18.3. The fourth-order valence-corrected chi connectivity index (χ4v) is 3.34. The lowest BCUT2D eigenvalue weighted by molar-refractivity contribution is 0.659. The second kappa shape index (κ2) is 7.12. The van der Waals surface area contributed by atoms with Gasteiger partial charge >= 0.3 is 0 Å². The molecule has 0 bridgehead atoms. The Hall–Kier alpha value is -3.72. The van der Waals surface area contributed by atoms with Crippen LogP contribution < -0.4 is 5.32 Å². The minimum absolute atomic E-state index is 0.271. The third-order valence-electron chi connectivity index (χ3n) is 4.83. The molecule has 0 atom stereocenters. The fourth-order valence-electron chi connectivity index (χ4n) is 3.34. The molecule has 0 unspecified atom stereocenters. The minimum atomic E-state index is 0.271. The van der Waals surface area contributed by atoms with Gasteiger partial charge in [-0.05, 0) is 38.5 Å². The lowest BCUT2D eigenvalue weighted by atomic mass is 10.1. The highest BCUT2D eigenvalue weighted by Gasteiger charge is 2.17. The van der Waals surface area contributed by atoms with Gasteiger partial charge in [-0.2, -0.15) is 10.4 Å². The standard InChI is InChI=1S/C22H20N6/c1-14-9-10-19-18(11-14)22(20(12-23)26-25-19)24-21-15(2)27-28(16(21)3)13-17-7-5-4-6-8-17/h4-11H,13H2,1-3H3,(H,24,25). The van der Waals surface area contributed by atoms with Crippen LogP contribution in [-0.2, 0) is 6.54 Å². The molecule has 2 aromatic heterocycles. The van der Waals surface area contributed by atoms with Crippen molar-refractivity contribution in [3.63, 3.8) is 0 Å². The van der Waals surface area contributed by atoms with Gasteiger partial charge in [-0.1, -0.05) is 42.0 Å². The minimum Gasteiger partial charge on any atom is -0.350 e. The van der Waals surface area contributed by atoms with Gasteiger partial charge in [-0.3, -0.25) is 4.68 Å². The molecule has 0 amide bonds. The highest BCUT2D eigenvalue weighted by atomic mass is 15.3. The summed E-state index contributed by atoms with van der Waals surface area (Å²) in [5, 5.41) is 26.8. The average molecular weight is 368 g/mol. The maximum Gasteiger partial charge on any atom is 0.187 e. The van der Waals surface area contributed by atoms with Crippen molar-refractivity contribution in [2.75, 3.05) is 5.32 Å². The monoisotopic (exact) mass is 368 g/mol. The topological polar surface area (TPSA) is 79.4 Å². The maximum absolute atomic E-state index is 9.55. The second-order valence-electron chi connectivity index (χ2n) is 6.87. The second-order valence-corrected chi connectivity index (χ2v) is 6.87. The summed E-state index contributed by atoms with van der Waals surface area (Å²) in [6.07, 6.45) is 0. The number of hydrogen-bond donors (Lipinski definition) is 1. The van der Waals surface area contributed by atoms with Gasteiger partial charge in [0, 0.05) is 5.39 Å². The fraction of sp³-hybridized carbons (Fsp3) is 0.182. The number of hydrogen-bond acceptors (Lipinski definition) is 5. The first-order valence-electron chi connectivity index (χ1n) is 9.09. The molecule has 0 fully saturated rings. The molecule has 6 nitrogen and oxygen atoms in total. The quantitative estimate of drug-likeness (QED) is 0.577. The summed E-state index contributed by atoms with van der Waals surface area (Å²) in [5.41, 5.74) is 6.74. The summed E-state index contributed by atoms with van der Waals surface area (Å²) in [5.74, 6) is 0. The molecule has 2 aromatic carbocycles. The van der Waals surface area contributed by atoms with Crippen LogP contribution in [0.4, 0.5) is 11.4 Å². The maximum atomic E-state index is 9.55. The van der Waals surface area contributed by atoms with Crippen LogP contribution in [-0.4, -0.2) is 20.0 Å². The van der Waals surface area contributed by atoms with Crippen LogP contribution in [0.1, 0.15) is 28.2 Å². The van der Waals surface area contributed by atoms with Crippen LogP contribution >= 0.6 is 0 Å². The number of aromatic nitrogens is 4. The van der Waals surface area contributed by atoms with Crippen molar-refractivity contribution in [3.05, 3.63) is 76.7 Å². The van der Waals surface area contributed by atoms with Gasteiger partial charge in [0.05, 0.1) is 34.8 Å². The molecule has 0 aliphatic rings. The number of benzene rings is 2. The molecule has 0 spiro atoms. The van der Waals surface area contributed by atoms with Crippen LogP contribution in [0.25, 0.3) is 10.9 Å². The van der Waals surface area contributed by atoms with E-state index in [0.717, 1.165) is 33.5 Å². The normalized spacial score (nSPS) is 10.8. The number of rotatable bonds is 4. The van der Waals surface area contributed by atoms with Gasteiger partial charge in [-0.15, -0.1) is 10.2 Å². The van der Waals surface area contributed by atoms with Gasteiger partial charge in [-0.25, -0.2) is 0 Å². The number of nitriles is 1. The highest BCUT2D eigenvalue weighted by Crippen LogP contribution is 2.31. The molecular formula is C22H20N6. The third-order valence-corrected chi connectivity index (χ3v) is 4.83. The van der Waals surface area contributed by atoms with E-state index in [9.17, 15) is 5.26 Å². The molecule has 1 N–H and O–H groups in total. The van der Waals surface area contributed by atoms with E-state index in [0.29, 0.717) is 12.2 Å². The van der Waals surface area contributed by atoms with Crippen molar-refractivity contribution < 1.29 is 0 Å². The first-order valence-corrected chi connectivity index (χ1v) is 9.09. The summed E-state index contributed by atoms with van der Waals surface area (Å²) < 4.78 is 1.97. The summed E-state index contributed by atoms with van der Waals surface area (Å²) in [4.78, 5) is 0. The lowest BCUT2D eigenvalue weighted by Crippen LogP contribution is -2.05. The molecule has 28 heavy (non-hydrogen) atoms.